The molecule has 104 valence electrons. The summed E-state index contributed by atoms with van der Waals surface area (Å²) in [4.78, 5) is 11.1. The summed E-state index contributed by atoms with van der Waals surface area (Å²) in [5, 5.41) is 3.97. The average Bonchev–Trinajstić information content (AvgIpc) is 2.84. The van der Waals surface area contributed by atoms with Crippen LogP contribution in [0.2, 0.25) is 5.02 Å². The molecule has 1 aromatic carbocycles. The van der Waals surface area contributed by atoms with Gasteiger partial charge in [-0.3, -0.25) is 4.79 Å². The van der Waals surface area contributed by atoms with Crippen molar-refractivity contribution in [3.8, 4) is 11.5 Å². The normalized spacial score (nSPS) is 22.3. The van der Waals surface area contributed by atoms with Gasteiger partial charge in [-0.2, -0.15) is 0 Å². The van der Waals surface area contributed by atoms with Crippen LogP contribution < -0.4 is 14.8 Å². The van der Waals surface area contributed by atoms with Crippen molar-refractivity contribution in [1.29, 1.82) is 0 Å². The summed E-state index contributed by atoms with van der Waals surface area (Å²) in [7, 11) is 3.08. The molecule has 0 spiro atoms. The standard InChI is InChI=1S/C14H18ClNO3/c1-14(5-4-6-16-14)11-10(15)7-9(8-17)12(18-2)13(11)19-3/h7-8,16H,4-6H2,1-3H3. The molecule has 0 bridgehead atoms. The van der Waals surface area contributed by atoms with Crippen LogP contribution in [-0.2, 0) is 5.54 Å². The quantitative estimate of drug-likeness (QED) is 0.863. The topological polar surface area (TPSA) is 47.6 Å². The Balaban J connectivity index is 2.69. The molecule has 0 radical (unpaired) electrons. The van der Waals surface area contributed by atoms with Crippen molar-refractivity contribution in [2.75, 3.05) is 20.8 Å². The zero-order chi connectivity index (χ0) is 14.0. The van der Waals surface area contributed by atoms with Gasteiger partial charge in [-0.05, 0) is 32.4 Å². The lowest BCUT2D eigenvalue weighted by atomic mass is 9.88. The van der Waals surface area contributed by atoms with Gasteiger partial charge in [0.15, 0.2) is 17.8 Å². The minimum absolute atomic E-state index is 0.253. The Kier molecular flexibility index (Phi) is 4.02. The Labute approximate surface area is 118 Å². The second-order valence-electron chi connectivity index (χ2n) is 4.87. The van der Waals surface area contributed by atoms with Crippen LogP contribution >= 0.6 is 11.6 Å². The summed E-state index contributed by atoms with van der Waals surface area (Å²) in [6.45, 7) is 3.03. The summed E-state index contributed by atoms with van der Waals surface area (Å²) >= 11 is 6.36. The number of halogens is 1. The molecule has 1 unspecified atom stereocenters. The molecule has 0 amide bonds. The molecule has 1 aliphatic rings. The van der Waals surface area contributed by atoms with E-state index in [1.807, 2.05) is 0 Å². The largest absolute Gasteiger partial charge is 0.492 e. The number of rotatable bonds is 4. The van der Waals surface area contributed by atoms with Crippen LogP contribution in [0.5, 0.6) is 11.5 Å². The Bertz CT molecular complexity index is 496. The minimum atomic E-state index is -0.253. The van der Waals surface area contributed by atoms with Crippen LogP contribution in [0.4, 0.5) is 0 Å². The Hall–Kier alpha value is -1.26. The summed E-state index contributed by atoms with van der Waals surface area (Å²) in [5.41, 5.74) is 1.00. The van der Waals surface area contributed by atoms with Crippen LogP contribution in [0.25, 0.3) is 0 Å². The highest BCUT2D eigenvalue weighted by atomic mass is 35.5. The van der Waals surface area contributed by atoms with E-state index in [9.17, 15) is 4.79 Å². The fourth-order valence-corrected chi connectivity index (χ4v) is 3.15. The lowest BCUT2D eigenvalue weighted by molar-refractivity contribution is 0.111. The predicted molar refractivity (Wildman–Crippen MR) is 74.5 cm³/mol. The maximum Gasteiger partial charge on any atom is 0.171 e. The first-order valence-electron chi connectivity index (χ1n) is 6.22. The zero-order valence-corrected chi connectivity index (χ0v) is 12.1. The van der Waals surface area contributed by atoms with Gasteiger partial charge in [-0.15, -0.1) is 0 Å². The number of nitrogens with one attached hydrogen (secondary N) is 1. The fourth-order valence-electron chi connectivity index (χ4n) is 2.74. The molecule has 1 aliphatic heterocycles. The molecular weight excluding hydrogens is 266 g/mol. The van der Waals surface area contributed by atoms with Crippen LogP contribution in [0.1, 0.15) is 35.7 Å². The second-order valence-corrected chi connectivity index (χ2v) is 5.28. The molecule has 5 heteroatoms. The highest BCUT2D eigenvalue weighted by Gasteiger charge is 2.36. The fraction of sp³-hybridized carbons (Fsp3) is 0.500. The van der Waals surface area contributed by atoms with Crippen molar-refractivity contribution in [2.24, 2.45) is 0 Å². The van der Waals surface area contributed by atoms with Crippen molar-refractivity contribution < 1.29 is 14.3 Å². The first-order valence-corrected chi connectivity index (χ1v) is 6.60. The van der Waals surface area contributed by atoms with E-state index in [4.69, 9.17) is 21.1 Å². The molecular formula is C14H18ClNO3. The van der Waals surface area contributed by atoms with Crippen molar-refractivity contribution in [1.82, 2.24) is 5.32 Å². The Morgan fingerprint density at radius 2 is 2.05 bits per heavy atom. The van der Waals surface area contributed by atoms with Crippen molar-refractivity contribution in [3.63, 3.8) is 0 Å². The molecule has 1 heterocycles. The number of hydrogen-bond acceptors (Lipinski definition) is 4. The van der Waals surface area contributed by atoms with Gasteiger partial charge in [0.2, 0.25) is 0 Å². The highest BCUT2D eigenvalue weighted by molar-refractivity contribution is 6.32. The smallest absolute Gasteiger partial charge is 0.171 e. The van der Waals surface area contributed by atoms with E-state index in [-0.39, 0.29) is 5.54 Å². The summed E-state index contributed by atoms with van der Waals surface area (Å²) in [5.74, 6) is 0.973. The maximum absolute atomic E-state index is 11.1. The first kappa shape index (κ1) is 14.2. The number of carbonyl (C=O) groups excluding carboxylic acids is 1. The summed E-state index contributed by atoms with van der Waals surface area (Å²) < 4.78 is 10.8. The van der Waals surface area contributed by atoms with E-state index in [1.165, 1.54) is 7.11 Å². The molecule has 0 aromatic heterocycles. The minimum Gasteiger partial charge on any atom is -0.492 e. The highest BCUT2D eigenvalue weighted by Crippen LogP contribution is 2.46. The van der Waals surface area contributed by atoms with Gasteiger partial charge in [0.1, 0.15) is 0 Å². The van der Waals surface area contributed by atoms with Crippen LogP contribution in [-0.4, -0.2) is 27.1 Å². The van der Waals surface area contributed by atoms with E-state index in [0.717, 1.165) is 31.2 Å². The van der Waals surface area contributed by atoms with E-state index >= 15 is 0 Å². The second kappa shape index (κ2) is 5.39. The maximum atomic E-state index is 11.1. The molecule has 1 N–H and O–H groups in total. The molecule has 1 saturated heterocycles. The summed E-state index contributed by atoms with van der Waals surface area (Å²) in [6, 6.07) is 1.64. The average molecular weight is 284 g/mol. The van der Waals surface area contributed by atoms with Crippen molar-refractivity contribution in [3.05, 3.63) is 22.2 Å². The van der Waals surface area contributed by atoms with Gasteiger partial charge in [-0.25, -0.2) is 0 Å². The molecule has 2 rings (SSSR count). The molecule has 0 aliphatic carbocycles. The number of benzene rings is 1. The monoisotopic (exact) mass is 283 g/mol. The number of ether oxygens (including phenoxy) is 2. The lowest BCUT2D eigenvalue weighted by Crippen LogP contribution is -2.34. The molecule has 0 saturated carbocycles. The third kappa shape index (κ3) is 2.30. The number of aldehydes is 1. The first-order chi connectivity index (χ1) is 9.07. The SMILES string of the molecule is COc1c(C=O)cc(Cl)c(C2(C)CCCN2)c1OC. The Morgan fingerprint density at radius 3 is 2.53 bits per heavy atom. The van der Waals surface area contributed by atoms with Crippen LogP contribution in [0.3, 0.4) is 0 Å². The lowest BCUT2D eigenvalue weighted by Gasteiger charge is -2.29. The van der Waals surface area contributed by atoms with Crippen LogP contribution in [0.15, 0.2) is 6.07 Å². The zero-order valence-electron chi connectivity index (χ0n) is 11.4. The third-order valence-electron chi connectivity index (χ3n) is 3.67. The number of methoxy groups -OCH3 is 2. The van der Waals surface area contributed by atoms with E-state index in [1.54, 1.807) is 13.2 Å². The summed E-state index contributed by atoms with van der Waals surface area (Å²) in [6.07, 6.45) is 2.77. The molecule has 1 aromatic rings. The molecule has 1 atom stereocenters. The van der Waals surface area contributed by atoms with E-state index in [0.29, 0.717) is 22.1 Å². The molecule has 4 nitrogen and oxygen atoms in total. The van der Waals surface area contributed by atoms with Gasteiger partial charge < -0.3 is 14.8 Å². The van der Waals surface area contributed by atoms with E-state index < -0.39 is 0 Å². The third-order valence-corrected chi connectivity index (χ3v) is 3.97. The van der Waals surface area contributed by atoms with Crippen molar-refractivity contribution in [2.45, 2.75) is 25.3 Å². The number of carbonyl (C=O) groups is 1. The van der Waals surface area contributed by atoms with Gasteiger partial charge in [0.25, 0.3) is 0 Å². The van der Waals surface area contributed by atoms with Gasteiger partial charge in [0, 0.05) is 11.1 Å². The Morgan fingerprint density at radius 1 is 1.37 bits per heavy atom. The van der Waals surface area contributed by atoms with E-state index in [2.05, 4.69) is 12.2 Å². The van der Waals surface area contributed by atoms with Gasteiger partial charge >= 0.3 is 0 Å². The van der Waals surface area contributed by atoms with Gasteiger partial charge in [-0.1, -0.05) is 11.6 Å². The number of hydrogen-bond donors (Lipinski definition) is 1. The van der Waals surface area contributed by atoms with Crippen LogP contribution in [0, 0.1) is 0 Å². The molecule has 1 fully saturated rings. The molecule has 19 heavy (non-hydrogen) atoms. The van der Waals surface area contributed by atoms with Gasteiger partial charge in [0.05, 0.1) is 24.8 Å². The van der Waals surface area contributed by atoms with Crippen molar-refractivity contribution >= 4 is 17.9 Å². The predicted octanol–water partition coefficient (Wildman–Crippen LogP) is 2.77.